The molecule has 0 spiro atoms. The van der Waals surface area contributed by atoms with Gasteiger partial charge >= 0.3 is 5.97 Å². The number of fused-ring (bicyclic) bond motifs is 5. The molecular weight excluding hydrogens is 716 g/mol. The third kappa shape index (κ3) is 7.05. The summed E-state index contributed by atoms with van der Waals surface area (Å²) in [5.74, 6) is 0.174. The van der Waals surface area contributed by atoms with E-state index in [9.17, 15) is 35.4 Å². The van der Waals surface area contributed by atoms with Crippen molar-refractivity contribution in [2.24, 2.45) is 34.5 Å². The summed E-state index contributed by atoms with van der Waals surface area (Å²) in [5.41, 5.74) is -0.686. The summed E-state index contributed by atoms with van der Waals surface area (Å²) < 4.78 is 42.1. The number of rotatable bonds is 7. The fourth-order valence-electron chi connectivity index (χ4n) is 12.9. The SMILES string of the molecule is C[C@@H]1O[C@H](O[C@@H]2[C@H](O)C[C@H](O[C@@H]3[C@H](O)C[C@H](O[C@H]4CC[C@@]5(C)[C@H](CC[C@@H]6[C@@H]5CC[C@]5(C)[C@@H](C7=CC(=O)OC7)[C@@H](O)C[C@]65O)C4)O[C@@H]3C)O[C@@H]2C)C[C@H](O)[C@H]1O. The topological polar surface area (TPSA) is 203 Å². The van der Waals surface area contributed by atoms with Crippen LogP contribution in [0.25, 0.3) is 0 Å². The maximum Gasteiger partial charge on any atom is 0.331 e. The quantitative estimate of drug-likeness (QED) is 0.162. The van der Waals surface area contributed by atoms with Gasteiger partial charge in [0, 0.05) is 43.1 Å². The fraction of sp³-hybridized carbons (Fsp3) is 0.927. The highest BCUT2D eigenvalue weighted by atomic mass is 16.7. The number of cyclic esters (lactones) is 1. The lowest BCUT2D eigenvalue weighted by atomic mass is 9.43. The van der Waals surface area contributed by atoms with E-state index in [0.29, 0.717) is 18.3 Å². The van der Waals surface area contributed by atoms with Gasteiger partial charge in [-0.3, -0.25) is 0 Å². The van der Waals surface area contributed by atoms with E-state index < -0.39 is 90.9 Å². The summed E-state index contributed by atoms with van der Waals surface area (Å²) in [5, 5.41) is 66.3. The number of carbonyl (C=O) groups is 1. The zero-order valence-corrected chi connectivity index (χ0v) is 32.9. The number of hydrogen-bond acceptors (Lipinski definition) is 14. The van der Waals surface area contributed by atoms with Gasteiger partial charge in [-0.25, -0.2) is 4.79 Å². The van der Waals surface area contributed by atoms with Crippen LogP contribution < -0.4 is 0 Å². The Kier molecular flexibility index (Phi) is 11.1. The molecule has 0 bridgehead atoms. The minimum absolute atomic E-state index is 0.0203. The molecule has 312 valence electrons. The lowest BCUT2D eigenvalue weighted by molar-refractivity contribution is -0.336. The van der Waals surface area contributed by atoms with Crippen LogP contribution in [0.3, 0.4) is 0 Å². The molecule has 3 saturated heterocycles. The van der Waals surface area contributed by atoms with Crippen molar-refractivity contribution in [2.75, 3.05) is 6.61 Å². The molecule has 0 unspecified atom stereocenters. The van der Waals surface area contributed by atoms with E-state index in [4.69, 9.17) is 33.2 Å². The maximum atomic E-state index is 12.6. The van der Waals surface area contributed by atoms with Crippen molar-refractivity contribution in [3.05, 3.63) is 11.6 Å². The van der Waals surface area contributed by atoms with Crippen molar-refractivity contribution >= 4 is 5.97 Å². The van der Waals surface area contributed by atoms with Gasteiger partial charge in [0.2, 0.25) is 0 Å². The number of ether oxygens (including phenoxy) is 7. The van der Waals surface area contributed by atoms with E-state index in [0.717, 1.165) is 50.5 Å². The minimum Gasteiger partial charge on any atom is -0.458 e. The van der Waals surface area contributed by atoms with Crippen molar-refractivity contribution < 1.29 is 68.6 Å². The van der Waals surface area contributed by atoms with Gasteiger partial charge in [0.05, 0.1) is 54.4 Å². The van der Waals surface area contributed by atoms with E-state index in [-0.39, 0.29) is 55.2 Å². The Hall–Kier alpha value is -1.27. The molecule has 14 heteroatoms. The number of carbonyl (C=O) groups excluding carboxylic acids is 1. The molecule has 21 atom stereocenters. The molecule has 0 aromatic heterocycles. The Morgan fingerprint density at radius 3 is 1.87 bits per heavy atom. The molecule has 55 heavy (non-hydrogen) atoms. The van der Waals surface area contributed by atoms with Crippen LogP contribution in [0.4, 0.5) is 0 Å². The molecule has 0 radical (unpaired) electrons. The zero-order valence-electron chi connectivity index (χ0n) is 32.9. The average Bonchev–Trinajstić information content (AvgIpc) is 3.62. The van der Waals surface area contributed by atoms with Crippen LogP contribution in [0, 0.1) is 34.5 Å². The van der Waals surface area contributed by atoms with Crippen molar-refractivity contribution in [3.8, 4) is 0 Å². The monoisotopic (exact) mass is 780 g/mol. The lowest BCUT2D eigenvalue weighted by Gasteiger charge is -2.63. The predicted molar refractivity (Wildman–Crippen MR) is 193 cm³/mol. The first kappa shape index (κ1) is 40.5. The number of aliphatic hydroxyl groups excluding tert-OH is 5. The standard InChI is InChI=1S/C41H64O14/c1-19-36(47)27(42)14-33(50-19)54-38-21(3)52-34(16-29(38)44)55-37-20(2)51-32(15-28(37)43)53-24-8-10-39(4)23(13-24)6-7-26-25(39)9-11-40(5)35(22-12-31(46)49-18-22)30(45)17-41(26,40)48/h12,19-21,23-30,32-38,42-45,47-48H,6-11,13-18H2,1-5H3/t19-,20+,21+,23+,24-,25-,26+,27-,28+,29+,30-,32-,33+,34-,35-,36-,37-,38-,39-,40+,41-/m0/s1. The molecule has 7 fully saturated rings. The zero-order chi connectivity index (χ0) is 39.2. The Morgan fingerprint density at radius 2 is 1.29 bits per heavy atom. The largest absolute Gasteiger partial charge is 0.458 e. The van der Waals surface area contributed by atoms with Crippen molar-refractivity contribution in [1.82, 2.24) is 0 Å². The van der Waals surface area contributed by atoms with Crippen molar-refractivity contribution in [1.29, 1.82) is 0 Å². The summed E-state index contributed by atoms with van der Waals surface area (Å²) in [6, 6.07) is 0. The third-order valence-electron chi connectivity index (χ3n) is 15.8. The second kappa shape index (κ2) is 15.1. The smallest absolute Gasteiger partial charge is 0.331 e. The average molecular weight is 781 g/mol. The Balaban J connectivity index is 0.834. The van der Waals surface area contributed by atoms with Gasteiger partial charge in [-0.05, 0) is 94.5 Å². The van der Waals surface area contributed by atoms with Crippen LogP contribution in [-0.4, -0.2) is 135 Å². The maximum absolute atomic E-state index is 12.6. The van der Waals surface area contributed by atoms with E-state index in [1.54, 1.807) is 13.8 Å². The fourth-order valence-corrected chi connectivity index (χ4v) is 12.9. The second-order valence-corrected chi connectivity index (χ2v) is 18.9. The summed E-state index contributed by atoms with van der Waals surface area (Å²) in [6.07, 6.45) is -1.26. The van der Waals surface area contributed by atoms with Crippen molar-refractivity contribution in [2.45, 2.75) is 197 Å². The molecule has 4 aliphatic heterocycles. The summed E-state index contributed by atoms with van der Waals surface area (Å²) in [6.45, 7) is 9.98. The van der Waals surface area contributed by atoms with Gasteiger partial charge in [0.15, 0.2) is 18.9 Å². The molecule has 8 rings (SSSR count). The first-order chi connectivity index (χ1) is 26.0. The molecule has 4 heterocycles. The van der Waals surface area contributed by atoms with Crippen molar-refractivity contribution in [3.63, 3.8) is 0 Å². The summed E-state index contributed by atoms with van der Waals surface area (Å²) in [7, 11) is 0. The number of hydrogen-bond donors (Lipinski definition) is 6. The Bertz CT molecular complexity index is 1410. The minimum atomic E-state index is -1.01. The second-order valence-electron chi connectivity index (χ2n) is 18.9. The molecule has 4 saturated carbocycles. The molecular formula is C41H64O14. The molecule has 0 aromatic rings. The van der Waals surface area contributed by atoms with Crippen LogP contribution in [0.1, 0.15) is 105 Å². The normalized spacial score (nSPS) is 55.5. The van der Waals surface area contributed by atoms with Gasteiger partial charge in [0.25, 0.3) is 0 Å². The van der Waals surface area contributed by atoms with Gasteiger partial charge in [-0.15, -0.1) is 0 Å². The lowest BCUT2D eigenvalue weighted by Crippen LogP contribution is -2.62. The highest BCUT2D eigenvalue weighted by molar-refractivity contribution is 5.85. The Morgan fingerprint density at radius 1 is 0.691 bits per heavy atom. The highest BCUT2D eigenvalue weighted by Gasteiger charge is 2.70. The predicted octanol–water partition coefficient (Wildman–Crippen LogP) is 2.22. The first-order valence-corrected chi connectivity index (χ1v) is 20.9. The van der Waals surface area contributed by atoms with Crippen LogP contribution >= 0.6 is 0 Å². The molecule has 14 nitrogen and oxygen atoms in total. The molecule has 0 amide bonds. The molecule has 4 aliphatic carbocycles. The van der Waals surface area contributed by atoms with Gasteiger partial charge in [-0.1, -0.05) is 13.8 Å². The van der Waals surface area contributed by atoms with E-state index in [2.05, 4.69) is 13.8 Å². The van der Waals surface area contributed by atoms with Crippen LogP contribution in [-0.2, 0) is 38.0 Å². The molecule has 6 N–H and O–H groups in total. The van der Waals surface area contributed by atoms with Crippen LogP contribution in [0.15, 0.2) is 11.6 Å². The van der Waals surface area contributed by atoms with Crippen LogP contribution in [0.5, 0.6) is 0 Å². The Labute approximate surface area is 323 Å². The molecule has 8 aliphatic rings. The van der Waals surface area contributed by atoms with Gasteiger partial charge in [-0.2, -0.15) is 0 Å². The summed E-state index contributed by atoms with van der Waals surface area (Å²) >= 11 is 0. The third-order valence-corrected chi connectivity index (χ3v) is 15.8. The van der Waals surface area contributed by atoms with E-state index in [1.807, 2.05) is 6.92 Å². The van der Waals surface area contributed by atoms with Crippen LogP contribution in [0.2, 0.25) is 0 Å². The number of aliphatic hydroxyl groups is 6. The van der Waals surface area contributed by atoms with E-state index in [1.165, 1.54) is 6.08 Å². The van der Waals surface area contributed by atoms with Gasteiger partial charge in [0.1, 0.15) is 24.9 Å². The van der Waals surface area contributed by atoms with E-state index >= 15 is 0 Å². The number of esters is 1. The summed E-state index contributed by atoms with van der Waals surface area (Å²) in [4.78, 5) is 12.0. The molecule has 0 aromatic carbocycles. The highest BCUT2D eigenvalue weighted by Crippen LogP contribution is 2.70. The van der Waals surface area contributed by atoms with Gasteiger partial charge < -0.3 is 63.8 Å². The first-order valence-electron chi connectivity index (χ1n) is 20.9.